The largest absolute Gasteiger partial charge is 0.493 e. The van der Waals surface area contributed by atoms with Crippen LogP contribution in [0.1, 0.15) is 27.9 Å². The van der Waals surface area contributed by atoms with Crippen molar-refractivity contribution in [3.8, 4) is 17.6 Å². The highest BCUT2D eigenvalue weighted by molar-refractivity contribution is 7.71. The van der Waals surface area contributed by atoms with Gasteiger partial charge in [-0.15, -0.1) is 0 Å². The Morgan fingerprint density at radius 3 is 2.35 bits per heavy atom. The van der Waals surface area contributed by atoms with Crippen molar-refractivity contribution in [2.24, 2.45) is 0 Å². The maximum atomic E-state index is 9.45. The van der Waals surface area contributed by atoms with E-state index in [2.05, 4.69) is 11.0 Å². The molecule has 0 bridgehead atoms. The molecule has 0 spiro atoms. The van der Waals surface area contributed by atoms with Crippen LogP contribution in [0.4, 0.5) is 0 Å². The minimum absolute atomic E-state index is 0.586. The maximum absolute atomic E-state index is 9.45. The summed E-state index contributed by atoms with van der Waals surface area (Å²) in [6.07, 6.45) is 0. The average Bonchev–Trinajstić information content (AvgIpc) is 2.64. The third kappa shape index (κ3) is 3.90. The molecule has 6 heteroatoms. The Morgan fingerprint density at radius 2 is 1.77 bits per heavy atom. The predicted octanol–water partition coefficient (Wildman–Crippen LogP) is 4.12. The van der Waals surface area contributed by atoms with Gasteiger partial charge in [0, 0.05) is 12.2 Å². The molecule has 0 radical (unpaired) electrons. The highest BCUT2D eigenvalue weighted by Crippen LogP contribution is 2.28. The lowest BCUT2D eigenvalue weighted by Crippen LogP contribution is -2.24. The summed E-state index contributed by atoms with van der Waals surface area (Å²) in [5, 5.41) is 9.45. The van der Waals surface area contributed by atoms with E-state index >= 15 is 0 Å². The third-order valence-electron chi connectivity index (χ3n) is 4.74. The lowest BCUT2D eigenvalue weighted by molar-refractivity contribution is 0.254. The molecule has 0 aliphatic rings. The van der Waals surface area contributed by atoms with Crippen LogP contribution < -0.4 is 9.47 Å². The molecule has 0 aliphatic carbocycles. The zero-order valence-electron chi connectivity index (χ0n) is 16.2. The van der Waals surface area contributed by atoms with E-state index in [1.54, 1.807) is 14.2 Å². The van der Waals surface area contributed by atoms with E-state index in [1.165, 1.54) is 0 Å². The zero-order chi connectivity index (χ0) is 19.4. The van der Waals surface area contributed by atoms with E-state index in [0.717, 1.165) is 28.9 Å². The number of methoxy groups -OCH3 is 2. The summed E-state index contributed by atoms with van der Waals surface area (Å²) in [5.74, 6) is 1.42. The Kier molecular flexibility index (Phi) is 6.41. The second-order valence-corrected chi connectivity index (χ2v) is 6.79. The monoisotopic (exact) mass is 371 g/mol. The van der Waals surface area contributed by atoms with Crippen molar-refractivity contribution in [3.63, 3.8) is 0 Å². The number of nitrogens with zero attached hydrogens (tertiary/aromatic N) is 3. The van der Waals surface area contributed by atoms with E-state index in [-0.39, 0.29) is 0 Å². The van der Waals surface area contributed by atoms with Gasteiger partial charge in [-0.3, -0.25) is 4.90 Å². The van der Waals surface area contributed by atoms with Gasteiger partial charge in [-0.25, -0.2) is 0 Å². The summed E-state index contributed by atoms with van der Waals surface area (Å²) in [4.78, 5) is 2.15. The molecule has 26 heavy (non-hydrogen) atoms. The first-order chi connectivity index (χ1) is 12.3. The summed E-state index contributed by atoms with van der Waals surface area (Å²) in [6.45, 7) is 7.36. The quantitative estimate of drug-likeness (QED) is 0.715. The fourth-order valence-electron chi connectivity index (χ4n) is 2.99. The second-order valence-electron chi connectivity index (χ2n) is 6.40. The molecule has 1 aromatic heterocycles. The van der Waals surface area contributed by atoms with Crippen molar-refractivity contribution in [2.45, 2.75) is 34.0 Å². The van der Waals surface area contributed by atoms with Gasteiger partial charge in [0.05, 0.1) is 26.5 Å². The van der Waals surface area contributed by atoms with Gasteiger partial charge in [0.1, 0.15) is 10.7 Å². The van der Waals surface area contributed by atoms with E-state index in [1.807, 2.05) is 50.6 Å². The van der Waals surface area contributed by atoms with Gasteiger partial charge >= 0.3 is 0 Å². The number of ether oxygens (including phenoxy) is 2. The van der Waals surface area contributed by atoms with Crippen molar-refractivity contribution in [2.75, 3.05) is 21.3 Å². The molecule has 1 aromatic carbocycles. The number of nitriles is 1. The highest BCUT2D eigenvalue weighted by Gasteiger charge is 2.13. The topological polar surface area (TPSA) is 50.4 Å². The molecule has 1 heterocycles. The second kappa shape index (κ2) is 8.35. The molecule has 2 aromatic rings. The smallest absolute Gasteiger partial charge is 0.161 e. The Hall–Kier alpha value is -2.36. The first-order valence-corrected chi connectivity index (χ1v) is 8.75. The van der Waals surface area contributed by atoms with E-state index in [4.69, 9.17) is 21.7 Å². The minimum atomic E-state index is 0.586. The van der Waals surface area contributed by atoms with Gasteiger partial charge < -0.3 is 14.0 Å². The van der Waals surface area contributed by atoms with Crippen LogP contribution in [0.3, 0.4) is 0 Å². The van der Waals surface area contributed by atoms with Crippen molar-refractivity contribution in [3.05, 3.63) is 50.8 Å². The van der Waals surface area contributed by atoms with Gasteiger partial charge in [-0.2, -0.15) is 5.26 Å². The van der Waals surface area contributed by atoms with Crippen LogP contribution in [0.15, 0.2) is 18.2 Å². The van der Waals surface area contributed by atoms with Crippen LogP contribution in [-0.2, 0) is 13.2 Å². The van der Waals surface area contributed by atoms with Crippen LogP contribution in [-0.4, -0.2) is 30.7 Å². The van der Waals surface area contributed by atoms with Gasteiger partial charge in [0.2, 0.25) is 0 Å². The number of hydrogen-bond acceptors (Lipinski definition) is 5. The van der Waals surface area contributed by atoms with Gasteiger partial charge in [-0.05, 0) is 56.6 Å². The van der Waals surface area contributed by atoms with Crippen LogP contribution in [0.25, 0.3) is 0 Å². The zero-order valence-corrected chi connectivity index (χ0v) is 17.0. The van der Waals surface area contributed by atoms with Crippen LogP contribution in [0.5, 0.6) is 11.5 Å². The fraction of sp³-hybridized carbons (Fsp3) is 0.400. The fourth-order valence-corrected chi connectivity index (χ4v) is 3.39. The molecule has 0 atom stereocenters. The SMILES string of the molecule is COc1ccc(CN(C)Cn2c(C)c(C)c(C)c(C#N)c2=S)cc1OC. The van der Waals surface area contributed by atoms with Crippen LogP contribution in [0.2, 0.25) is 0 Å². The van der Waals surface area contributed by atoms with Crippen LogP contribution in [0, 0.1) is 36.7 Å². The molecule has 0 fully saturated rings. The summed E-state index contributed by atoms with van der Waals surface area (Å²) in [6, 6.07) is 8.15. The molecule has 5 nitrogen and oxygen atoms in total. The molecule has 138 valence electrons. The number of pyridine rings is 1. The first-order valence-electron chi connectivity index (χ1n) is 8.34. The summed E-state index contributed by atoms with van der Waals surface area (Å²) >= 11 is 5.56. The maximum Gasteiger partial charge on any atom is 0.161 e. The van der Waals surface area contributed by atoms with E-state index in [9.17, 15) is 5.26 Å². The third-order valence-corrected chi connectivity index (χ3v) is 5.16. The molecule has 0 saturated carbocycles. The van der Waals surface area contributed by atoms with E-state index in [0.29, 0.717) is 28.4 Å². The molecule has 0 aliphatic heterocycles. The average molecular weight is 372 g/mol. The standard InChI is InChI=1S/C20H25N3O2S/c1-13-14(2)17(10-21)20(26)23(15(13)3)12-22(4)11-16-7-8-18(24-5)19(9-16)25-6/h7-9H,11-12H2,1-6H3. The van der Waals surface area contributed by atoms with Crippen molar-refractivity contribution >= 4 is 12.2 Å². The summed E-state index contributed by atoms with van der Waals surface area (Å²) < 4.78 is 13.3. The summed E-state index contributed by atoms with van der Waals surface area (Å²) in [7, 11) is 5.28. The molecule has 0 amide bonds. The molecule has 2 rings (SSSR count). The lowest BCUT2D eigenvalue weighted by atomic mass is 10.0. The lowest BCUT2D eigenvalue weighted by Gasteiger charge is -2.23. The van der Waals surface area contributed by atoms with Crippen molar-refractivity contribution in [1.29, 1.82) is 5.26 Å². The van der Waals surface area contributed by atoms with Crippen molar-refractivity contribution < 1.29 is 9.47 Å². The Bertz CT molecular complexity index is 913. The Morgan fingerprint density at radius 1 is 1.12 bits per heavy atom. The number of hydrogen-bond donors (Lipinski definition) is 0. The number of benzene rings is 1. The Labute approximate surface area is 160 Å². The molecule has 0 unspecified atom stereocenters. The van der Waals surface area contributed by atoms with Crippen molar-refractivity contribution in [1.82, 2.24) is 9.47 Å². The normalized spacial score (nSPS) is 10.7. The Balaban J connectivity index is 2.29. The van der Waals surface area contributed by atoms with E-state index < -0.39 is 0 Å². The number of rotatable bonds is 6. The van der Waals surface area contributed by atoms with Gasteiger partial charge in [-0.1, -0.05) is 18.3 Å². The van der Waals surface area contributed by atoms with Gasteiger partial charge in [0.25, 0.3) is 0 Å². The van der Waals surface area contributed by atoms with Gasteiger partial charge in [0.15, 0.2) is 11.5 Å². The first kappa shape index (κ1) is 20.0. The highest BCUT2D eigenvalue weighted by atomic mass is 32.1. The minimum Gasteiger partial charge on any atom is -0.493 e. The molecular formula is C20H25N3O2S. The molecule has 0 N–H and O–H groups in total. The number of aromatic nitrogens is 1. The summed E-state index contributed by atoms with van der Waals surface area (Å²) in [5.41, 5.74) is 4.86. The molecule has 0 saturated heterocycles. The predicted molar refractivity (Wildman–Crippen MR) is 105 cm³/mol. The van der Waals surface area contributed by atoms with Crippen LogP contribution >= 0.6 is 12.2 Å². The molecular weight excluding hydrogens is 346 g/mol.